The van der Waals surface area contributed by atoms with E-state index in [1.807, 2.05) is 13.8 Å². The van der Waals surface area contributed by atoms with Crippen LogP contribution in [0.5, 0.6) is 0 Å². The third-order valence-corrected chi connectivity index (χ3v) is 2.90. The van der Waals surface area contributed by atoms with Crippen molar-refractivity contribution in [2.75, 3.05) is 6.54 Å². The van der Waals surface area contributed by atoms with Crippen LogP contribution in [0.15, 0.2) is 0 Å². The summed E-state index contributed by atoms with van der Waals surface area (Å²) in [7, 11) is 0. The van der Waals surface area contributed by atoms with E-state index in [1.54, 1.807) is 0 Å². The minimum atomic E-state index is -0.841. The summed E-state index contributed by atoms with van der Waals surface area (Å²) in [5, 5.41) is 11.7. The van der Waals surface area contributed by atoms with Crippen molar-refractivity contribution in [3.63, 3.8) is 0 Å². The Bertz CT molecular complexity index is 239. The number of rotatable bonds is 9. The summed E-state index contributed by atoms with van der Waals surface area (Å²) in [5.74, 6) is -1.33. The summed E-state index contributed by atoms with van der Waals surface area (Å²) in [5.41, 5.74) is 0. The van der Waals surface area contributed by atoms with E-state index in [4.69, 9.17) is 5.11 Å². The van der Waals surface area contributed by atoms with E-state index in [9.17, 15) is 9.59 Å². The van der Waals surface area contributed by atoms with Crippen LogP contribution in [0.2, 0.25) is 0 Å². The largest absolute Gasteiger partial charge is 0.481 e. The molecule has 0 aliphatic rings. The van der Waals surface area contributed by atoms with Crippen molar-refractivity contribution in [3.8, 4) is 0 Å². The second kappa shape index (κ2) is 9.02. The van der Waals surface area contributed by atoms with Crippen LogP contribution in [0.1, 0.15) is 52.9 Å². The van der Waals surface area contributed by atoms with Gasteiger partial charge in [0.25, 0.3) is 0 Å². The summed E-state index contributed by atoms with van der Waals surface area (Å²) in [6.07, 6.45) is 4.76. The third-order valence-electron chi connectivity index (χ3n) is 2.90. The van der Waals surface area contributed by atoms with Crippen LogP contribution in [0.3, 0.4) is 0 Å². The fraction of sp³-hybridized carbons (Fsp3) is 0.846. The second-order valence-electron chi connectivity index (χ2n) is 4.80. The van der Waals surface area contributed by atoms with Gasteiger partial charge in [0.2, 0.25) is 5.91 Å². The van der Waals surface area contributed by atoms with E-state index in [-0.39, 0.29) is 18.4 Å². The first-order valence-corrected chi connectivity index (χ1v) is 6.48. The number of hydrogen-bond donors (Lipinski definition) is 2. The van der Waals surface area contributed by atoms with Crippen LogP contribution in [0, 0.1) is 11.8 Å². The lowest BCUT2D eigenvalue weighted by Crippen LogP contribution is -2.35. The van der Waals surface area contributed by atoms with Crippen LogP contribution in [0.25, 0.3) is 0 Å². The summed E-state index contributed by atoms with van der Waals surface area (Å²) in [6.45, 7) is 6.07. The summed E-state index contributed by atoms with van der Waals surface area (Å²) >= 11 is 0. The van der Waals surface area contributed by atoms with Crippen molar-refractivity contribution in [1.82, 2.24) is 5.32 Å². The van der Waals surface area contributed by atoms with Gasteiger partial charge in [-0.2, -0.15) is 0 Å². The molecular formula is C13H25NO3. The minimum absolute atomic E-state index is 0.0343. The topological polar surface area (TPSA) is 66.4 Å². The maximum absolute atomic E-state index is 11.5. The monoisotopic (exact) mass is 243 g/mol. The normalized spacial score (nSPS) is 12.5. The molecule has 0 bridgehead atoms. The highest BCUT2D eigenvalue weighted by atomic mass is 16.4. The molecule has 0 aliphatic heterocycles. The minimum Gasteiger partial charge on any atom is -0.481 e. The molecule has 0 spiro atoms. The van der Waals surface area contributed by atoms with Gasteiger partial charge in [-0.3, -0.25) is 9.59 Å². The lowest BCUT2D eigenvalue weighted by atomic mass is 9.96. The van der Waals surface area contributed by atoms with Crippen molar-refractivity contribution >= 4 is 11.9 Å². The standard InChI is InChI=1S/C13H25NO3/c1-4-5-6-7-8-12(15)14-9-11(10(2)3)13(16)17/h10-11H,4-9H2,1-3H3,(H,14,15)(H,16,17). The van der Waals surface area contributed by atoms with Gasteiger partial charge < -0.3 is 10.4 Å². The van der Waals surface area contributed by atoms with Gasteiger partial charge in [-0.25, -0.2) is 0 Å². The van der Waals surface area contributed by atoms with Gasteiger partial charge in [0.1, 0.15) is 0 Å². The van der Waals surface area contributed by atoms with E-state index in [0.29, 0.717) is 6.42 Å². The maximum Gasteiger partial charge on any atom is 0.308 e. The Labute approximate surface area is 104 Å². The quantitative estimate of drug-likeness (QED) is 0.611. The molecule has 1 amide bonds. The molecule has 0 aliphatic carbocycles. The van der Waals surface area contributed by atoms with E-state index in [0.717, 1.165) is 25.7 Å². The van der Waals surface area contributed by atoms with Crippen molar-refractivity contribution in [1.29, 1.82) is 0 Å². The molecule has 0 heterocycles. The number of unbranched alkanes of at least 4 members (excludes halogenated alkanes) is 3. The summed E-state index contributed by atoms with van der Waals surface area (Å²) < 4.78 is 0. The molecule has 0 aromatic rings. The zero-order chi connectivity index (χ0) is 13.3. The van der Waals surface area contributed by atoms with Gasteiger partial charge in [-0.15, -0.1) is 0 Å². The molecule has 2 N–H and O–H groups in total. The summed E-state index contributed by atoms with van der Waals surface area (Å²) in [4.78, 5) is 22.4. The lowest BCUT2D eigenvalue weighted by Gasteiger charge is -2.16. The Hall–Kier alpha value is -1.06. The number of hydrogen-bond acceptors (Lipinski definition) is 2. The van der Waals surface area contributed by atoms with E-state index in [2.05, 4.69) is 12.2 Å². The Kier molecular flexibility index (Phi) is 8.46. The predicted molar refractivity (Wildman–Crippen MR) is 67.7 cm³/mol. The summed E-state index contributed by atoms with van der Waals surface area (Å²) in [6, 6.07) is 0. The van der Waals surface area contributed by atoms with E-state index < -0.39 is 11.9 Å². The van der Waals surface area contributed by atoms with Gasteiger partial charge in [-0.05, 0) is 12.3 Å². The Morgan fingerprint density at radius 2 is 1.82 bits per heavy atom. The van der Waals surface area contributed by atoms with Crippen LogP contribution in [-0.4, -0.2) is 23.5 Å². The average Bonchev–Trinajstić information content (AvgIpc) is 2.23. The van der Waals surface area contributed by atoms with Crippen molar-refractivity contribution in [2.45, 2.75) is 52.9 Å². The zero-order valence-corrected chi connectivity index (χ0v) is 11.2. The van der Waals surface area contributed by atoms with Gasteiger partial charge in [0, 0.05) is 13.0 Å². The fourth-order valence-electron chi connectivity index (χ4n) is 1.63. The number of aliphatic carboxylic acids is 1. The first kappa shape index (κ1) is 15.9. The lowest BCUT2D eigenvalue weighted by molar-refractivity contribution is -0.143. The van der Waals surface area contributed by atoms with Gasteiger partial charge in [0.15, 0.2) is 0 Å². The molecule has 100 valence electrons. The molecule has 0 aromatic heterocycles. The predicted octanol–water partition coefficient (Wildman–Crippen LogP) is 2.43. The molecule has 0 aromatic carbocycles. The highest BCUT2D eigenvalue weighted by Gasteiger charge is 2.21. The number of nitrogens with one attached hydrogen (secondary N) is 1. The molecule has 17 heavy (non-hydrogen) atoms. The number of carbonyl (C=O) groups is 2. The zero-order valence-electron chi connectivity index (χ0n) is 11.2. The molecule has 0 saturated carbocycles. The molecule has 4 nitrogen and oxygen atoms in total. The Morgan fingerprint density at radius 1 is 1.18 bits per heavy atom. The Balaban J connectivity index is 3.77. The van der Waals surface area contributed by atoms with Crippen LogP contribution < -0.4 is 5.32 Å². The molecule has 0 radical (unpaired) electrons. The van der Waals surface area contributed by atoms with E-state index >= 15 is 0 Å². The van der Waals surface area contributed by atoms with Crippen LogP contribution in [0.4, 0.5) is 0 Å². The number of carboxylic acid groups (broad SMARTS) is 1. The maximum atomic E-state index is 11.5. The third kappa shape index (κ3) is 7.77. The molecule has 0 fully saturated rings. The van der Waals surface area contributed by atoms with E-state index in [1.165, 1.54) is 0 Å². The number of amides is 1. The van der Waals surface area contributed by atoms with Crippen LogP contribution in [-0.2, 0) is 9.59 Å². The number of carbonyl (C=O) groups excluding carboxylic acids is 1. The van der Waals surface area contributed by atoms with Gasteiger partial charge >= 0.3 is 5.97 Å². The highest BCUT2D eigenvalue weighted by molar-refractivity contribution is 5.77. The molecule has 4 heteroatoms. The smallest absolute Gasteiger partial charge is 0.308 e. The average molecular weight is 243 g/mol. The van der Waals surface area contributed by atoms with Crippen molar-refractivity contribution in [2.24, 2.45) is 11.8 Å². The van der Waals surface area contributed by atoms with Crippen molar-refractivity contribution in [3.05, 3.63) is 0 Å². The van der Waals surface area contributed by atoms with Crippen molar-refractivity contribution < 1.29 is 14.7 Å². The number of carboxylic acids is 1. The molecular weight excluding hydrogens is 218 g/mol. The SMILES string of the molecule is CCCCCCC(=O)NCC(C(=O)O)C(C)C. The van der Waals surface area contributed by atoms with Crippen LogP contribution >= 0.6 is 0 Å². The highest BCUT2D eigenvalue weighted by Crippen LogP contribution is 2.10. The second-order valence-corrected chi connectivity index (χ2v) is 4.80. The first-order valence-electron chi connectivity index (χ1n) is 6.48. The molecule has 0 rings (SSSR count). The fourth-order valence-corrected chi connectivity index (χ4v) is 1.63. The first-order chi connectivity index (χ1) is 7.99. The van der Waals surface area contributed by atoms with Gasteiger partial charge in [-0.1, -0.05) is 40.0 Å². The molecule has 1 unspecified atom stereocenters. The Morgan fingerprint density at radius 3 is 2.29 bits per heavy atom. The molecule has 0 saturated heterocycles. The molecule has 1 atom stereocenters. The van der Waals surface area contributed by atoms with Gasteiger partial charge in [0.05, 0.1) is 5.92 Å².